The molecular formula is C16H30O4. The molecule has 118 valence electrons. The normalized spacial score (nSPS) is 34.8. The van der Waals surface area contributed by atoms with Gasteiger partial charge in [-0.15, -0.1) is 0 Å². The molecule has 2 fully saturated rings. The molecule has 0 aromatic heterocycles. The molecule has 2 rings (SSSR count). The monoisotopic (exact) mass is 286 g/mol. The third-order valence-electron chi connectivity index (χ3n) is 5.87. The zero-order valence-corrected chi connectivity index (χ0v) is 13.2. The number of hydrogen-bond acceptors (Lipinski definition) is 4. The summed E-state index contributed by atoms with van der Waals surface area (Å²) >= 11 is 0. The Morgan fingerprint density at radius 2 is 1.65 bits per heavy atom. The Hall–Kier alpha value is -0.160. The second kappa shape index (κ2) is 6.73. The van der Waals surface area contributed by atoms with E-state index in [9.17, 15) is 0 Å². The topological polar surface area (TPSA) is 47.9 Å². The van der Waals surface area contributed by atoms with E-state index in [2.05, 4.69) is 20.8 Å². The fraction of sp³-hybridized carbons (Fsp3) is 1.00. The van der Waals surface area contributed by atoms with Gasteiger partial charge in [-0.25, -0.2) is 0 Å². The summed E-state index contributed by atoms with van der Waals surface area (Å²) in [6.45, 7) is 10.1. The van der Waals surface area contributed by atoms with Gasteiger partial charge < -0.3 is 19.3 Å². The van der Waals surface area contributed by atoms with Gasteiger partial charge in [0.1, 0.15) is 0 Å². The van der Waals surface area contributed by atoms with Crippen LogP contribution in [0.15, 0.2) is 0 Å². The summed E-state index contributed by atoms with van der Waals surface area (Å²) in [6.07, 6.45) is 4.27. The Kier molecular flexibility index (Phi) is 5.46. The SMILES string of the molecule is CC1(C)[C@H]2CC[C@]1(C)[C@@H](OCCOCCOCCO)C2. The van der Waals surface area contributed by atoms with E-state index in [4.69, 9.17) is 19.3 Å². The van der Waals surface area contributed by atoms with Crippen molar-refractivity contribution < 1.29 is 19.3 Å². The van der Waals surface area contributed by atoms with Gasteiger partial charge in [0, 0.05) is 0 Å². The molecule has 0 aromatic rings. The molecule has 20 heavy (non-hydrogen) atoms. The molecule has 0 spiro atoms. The Morgan fingerprint density at radius 3 is 2.20 bits per heavy atom. The number of aliphatic hydroxyl groups excluding tert-OH is 1. The van der Waals surface area contributed by atoms with Crippen LogP contribution in [0.1, 0.15) is 40.0 Å². The highest BCUT2D eigenvalue weighted by atomic mass is 16.5. The molecular weight excluding hydrogens is 256 g/mol. The molecule has 0 amide bonds. The van der Waals surface area contributed by atoms with Gasteiger partial charge in [0.15, 0.2) is 0 Å². The quantitative estimate of drug-likeness (QED) is 0.660. The number of aliphatic hydroxyl groups is 1. The number of hydrogen-bond donors (Lipinski definition) is 1. The minimum absolute atomic E-state index is 0.0698. The molecule has 2 bridgehead atoms. The summed E-state index contributed by atoms with van der Waals surface area (Å²) in [5, 5.41) is 8.56. The van der Waals surface area contributed by atoms with Crippen molar-refractivity contribution in [2.75, 3.05) is 39.6 Å². The van der Waals surface area contributed by atoms with Crippen LogP contribution in [0.25, 0.3) is 0 Å². The van der Waals surface area contributed by atoms with Crippen molar-refractivity contribution in [3.05, 3.63) is 0 Å². The first-order valence-electron chi connectivity index (χ1n) is 7.90. The van der Waals surface area contributed by atoms with Crippen LogP contribution in [0.2, 0.25) is 0 Å². The fourth-order valence-electron chi connectivity index (χ4n) is 4.02. The smallest absolute Gasteiger partial charge is 0.0704 e. The standard InChI is InChI=1S/C16H30O4/c1-15(2)13-4-5-16(15,3)14(12-13)20-11-10-19-9-8-18-7-6-17/h13-14,17H,4-12H2,1-3H3/t13-,14-,16+/m0/s1. The molecule has 4 heteroatoms. The predicted octanol–water partition coefficient (Wildman–Crippen LogP) is 2.24. The van der Waals surface area contributed by atoms with Crippen molar-refractivity contribution in [2.45, 2.75) is 46.1 Å². The van der Waals surface area contributed by atoms with Gasteiger partial charge in [0.25, 0.3) is 0 Å². The van der Waals surface area contributed by atoms with Gasteiger partial charge in [-0.2, -0.15) is 0 Å². The maximum absolute atomic E-state index is 8.56. The second-order valence-corrected chi connectivity index (χ2v) is 6.92. The van der Waals surface area contributed by atoms with Crippen molar-refractivity contribution in [1.29, 1.82) is 0 Å². The summed E-state index contributed by atoms with van der Waals surface area (Å²) in [7, 11) is 0. The highest BCUT2D eigenvalue weighted by Gasteiger charge is 2.61. The van der Waals surface area contributed by atoms with Crippen molar-refractivity contribution in [2.24, 2.45) is 16.7 Å². The van der Waals surface area contributed by atoms with Gasteiger partial charge in [-0.3, -0.25) is 0 Å². The predicted molar refractivity (Wildman–Crippen MR) is 77.7 cm³/mol. The maximum Gasteiger partial charge on any atom is 0.0704 e. The summed E-state index contributed by atoms with van der Waals surface area (Å²) < 4.78 is 16.7. The molecule has 0 aliphatic heterocycles. The van der Waals surface area contributed by atoms with E-state index in [1.165, 1.54) is 19.3 Å². The average molecular weight is 286 g/mol. The van der Waals surface area contributed by atoms with E-state index in [0.29, 0.717) is 50.0 Å². The van der Waals surface area contributed by atoms with Gasteiger partial charge in [-0.05, 0) is 36.0 Å². The third-order valence-corrected chi connectivity index (χ3v) is 5.87. The van der Waals surface area contributed by atoms with Crippen molar-refractivity contribution in [3.63, 3.8) is 0 Å². The molecule has 0 aromatic carbocycles. The second-order valence-electron chi connectivity index (χ2n) is 6.92. The van der Waals surface area contributed by atoms with Crippen molar-refractivity contribution in [1.82, 2.24) is 0 Å². The van der Waals surface area contributed by atoms with Crippen LogP contribution < -0.4 is 0 Å². The Morgan fingerprint density at radius 1 is 1.00 bits per heavy atom. The molecule has 2 saturated carbocycles. The lowest BCUT2D eigenvalue weighted by molar-refractivity contribution is -0.0685. The zero-order chi connectivity index (χ0) is 14.6. The lowest BCUT2D eigenvalue weighted by Gasteiger charge is -2.38. The summed E-state index contributed by atoms with van der Waals surface area (Å²) in [5.41, 5.74) is 0.749. The average Bonchev–Trinajstić information content (AvgIpc) is 2.75. The Bertz CT molecular complexity index is 305. The largest absolute Gasteiger partial charge is 0.394 e. The van der Waals surface area contributed by atoms with Crippen LogP contribution >= 0.6 is 0 Å². The molecule has 0 unspecified atom stereocenters. The lowest BCUT2D eigenvalue weighted by Crippen LogP contribution is -2.37. The van der Waals surface area contributed by atoms with Gasteiger partial charge >= 0.3 is 0 Å². The first kappa shape index (κ1) is 16.2. The zero-order valence-electron chi connectivity index (χ0n) is 13.2. The molecule has 0 saturated heterocycles. The summed E-state index contributed by atoms with van der Waals surface area (Å²) in [6, 6.07) is 0. The number of rotatable bonds is 9. The highest BCUT2D eigenvalue weighted by Crippen LogP contribution is 2.66. The van der Waals surface area contributed by atoms with Crippen LogP contribution in [0.3, 0.4) is 0 Å². The lowest BCUT2D eigenvalue weighted by atomic mass is 9.70. The first-order valence-corrected chi connectivity index (χ1v) is 7.90. The van der Waals surface area contributed by atoms with Crippen LogP contribution in [-0.4, -0.2) is 50.9 Å². The molecule has 2 aliphatic carbocycles. The fourth-order valence-corrected chi connectivity index (χ4v) is 4.02. The Balaban J connectivity index is 1.59. The van der Waals surface area contributed by atoms with E-state index in [0.717, 1.165) is 5.92 Å². The van der Waals surface area contributed by atoms with E-state index in [-0.39, 0.29) is 6.61 Å². The van der Waals surface area contributed by atoms with Gasteiger partial charge in [0.2, 0.25) is 0 Å². The molecule has 0 radical (unpaired) electrons. The third kappa shape index (κ3) is 3.03. The first-order chi connectivity index (χ1) is 9.52. The van der Waals surface area contributed by atoms with Crippen LogP contribution in [-0.2, 0) is 14.2 Å². The van der Waals surface area contributed by atoms with Gasteiger partial charge in [-0.1, -0.05) is 20.8 Å². The summed E-state index contributed by atoms with van der Waals surface area (Å²) in [4.78, 5) is 0. The number of fused-ring (bicyclic) bond motifs is 2. The molecule has 3 atom stereocenters. The maximum atomic E-state index is 8.56. The van der Waals surface area contributed by atoms with Crippen molar-refractivity contribution in [3.8, 4) is 0 Å². The van der Waals surface area contributed by atoms with Crippen LogP contribution in [0, 0.1) is 16.7 Å². The van der Waals surface area contributed by atoms with E-state index in [1.54, 1.807) is 0 Å². The molecule has 1 N–H and O–H groups in total. The van der Waals surface area contributed by atoms with Crippen molar-refractivity contribution >= 4 is 0 Å². The van der Waals surface area contributed by atoms with Crippen LogP contribution in [0.4, 0.5) is 0 Å². The van der Waals surface area contributed by atoms with Gasteiger partial charge in [0.05, 0.1) is 45.7 Å². The minimum atomic E-state index is 0.0698. The molecule has 4 nitrogen and oxygen atoms in total. The van der Waals surface area contributed by atoms with E-state index in [1.807, 2.05) is 0 Å². The van der Waals surface area contributed by atoms with E-state index < -0.39 is 0 Å². The van der Waals surface area contributed by atoms with E-state index >= 15 is 0 Å². The molecule has 2 aliphatic rings. The number of ether oxygens (including phenoxy) is 3. The minimum Gasteiger partial charge on any atom is -0.394 e. The highest BCUT2D eigenvalue weighted by molar-refractivity contribution is 5.11. The Labute approximate surface area is 122 Å². The van der Waals surface area contributed by atoms with Crippen LogP contribution in [0.5, 0.6) is 0 Å². The molecule has 0 heterocycles. The summed E-state index contributed by atoms with van der Waals surface area (Å²) in [5.74, 6) is 0.824.